The van der Waals surface area contributed by atoms with Crippen LogP contribution in [0.15, 0.2) is 24.3 Å². The van der Waals surface area contributed by atoms with Crippen LogP contribution in [-0.4, -0.2) is 12.0 Å². The zero-order chi connectivity index (χ0) is 8.81. The Kier molecular flexibility index (Phi) is 4.25. The molecule has 0 atom stereocenters. The van der Waals surface area contributed by atoms with Gasteiger partial charge in [-0.15, -0.1) is 0 Å². The van der Waals surface area contributed by atoms with Crippen LogP contribution in [0.3, 0.4) is 0 Å². The van der Waals surface area contributed by atoms with Gasteiger partial charge in [0.15, 0.2) is 0 Å². The lowest BCUT2D eigenvalue weighted by Crippen LogP contribution is -2.14. The highest BCUT2D eigenvalue weighted by Crippen LogP contribution is 2.02. The second-order valence-corrected chi connectivity index (χ2v) is 3.07. The van der Waals surface area contributed by atoms with Crippen LogP contribution in [-0.2, 0) is 6.42 Å². The Morgan fingerprint density at radius 2 is 1.92 bits per heavy atom. The lowest BCUT2D eigenvalue weighted by atomic mass is 10.1. The summed E-state index contributed by atoms with van der Waals surface area (Å²) in [5.74, 6) is -0.174. The summed E-state index contributed by atoms with van der Waals surface area (Å²) in [6.07, 6.45) is 0.936. The fourth-order valence-corrected chi connectivity index (χ4v) is 1.23. The number of halogens is 2. The van der Waals surface area contributed by atoms with Crippen molar-refractivity contribution in [1.29, 1.82) is 0 Å². The minimum absolute atomic E-state index is 0.174. The van der Waals surface area contributed by atoms with E-state index < -0.39 is 0 Å². The third-order valence-electron chi connectivity index (χ3n) is 1.60. The molecular weight excluding hydrogens is 221 g/mol. The first kappa shape index (κ1) is 9.68. The molecule has 0 saturated heterocycles. The average molecular weight is 232 g/mol. The van der Waals surface area contributed by atoms with Gasteiger partial charge in [-0.05, 0) is 30.7 Å². The largest absolute Gasteiger partial charge is 0.307 e. The number of alkyl halides is 1. The number of rotatable bonds is 4. The standard InChI is InChI=1S/C9H11BrFN/c10-7-12-6-5-8-1-3-9(11)4-2-8/h1-4,12H,5-7H2. The van der Waals surface area contributed by atoms with Crippen molar-refractivity contribution in [2.75, 3.05) is 12.0 Å². The smallest absolute Gasteiger partial charge is 0.123 e. The Morgan fingerprint density at radius 1 is 1.25 bits per heavy atom. The highest BCUT2D eigenvalue weighted by Gasteiger charge is 1.92. The highest BCUT2D eigenvalue weighted by molar-refractivity contribution is 9.09. The number of benzene rings is 1. The molecule has 0 aliphatic heterocycles. The van der Waals surface area contributed by atoms with Gasteiger partial charge in [-0.3, -0.25) is 0 Å². The molecule has 0 bridgehead atoms. The van der Waals surface area contributed by atoms with Crippen molar-refractivity contribution >= 4 is 15.9 Å². The third-order valence-corrected chi connectivity index (χ3v) is 1.99. The molecule has 1 aromatic carbocycles. The van der Waals surface area contributed by atoms with E-state index in [-0.39, 0.29) is 5.82 Å². The number of hydrogen-bond acceptors (Lipinski definition) is 1. The molecule has 0 fully saturated rings. The predicted octanol–water partition coefficient (Wildman–Crippen LogP) is 2.31. The Morgan fingerprint density at radius 3 is 2.50 bits per heavy atom. The molecular formula is C9H11BrFN. The van der Waals surface area contributed by atoms with E-state index in [1.807, 2.05) is 12.1 Å². The normalized spacial score (nSPS) is 10.2. The molecule has 0 unspecified atom stereocenters. The van der Waals surface area contributed by atoms with Crippen LogP contribution in [0.2, 0.25) is 0 Å². The SMILES string of the molecule is Fc1ccc(CCNCBr)cc1. The summed E-state index contributed by atoms with van der Waals surface area (Å²) in [5.41, 5.74) is 1.96. The molecule has 0 heterocycles. The van der Waals surface area contributed by atoms with Gasteiger partial charge in [-0.2, -0.15) is 0 Å². The van der Waals surface area contributed by atoms with E-state index in [2.05, 4.69) is 21.2 Å². The summed E-state index contributed by atoms with van der Waals surface area (Å²) < 4.78 is 12.5. The van der Waals surface area contributed by atoms with Crippen LogP contribution < -0.4 is 5.32 Å². The molecule has 0 radical (unpaired) electrons. The minimum Gasteiger partial charge on any atom is -0.307 e. The molecule has 0 aliphatic rings. The van der Waals surface area contributed by atoms with Gasteiger partial charge in [0, 0.05) is 0 Å². The maximum Gasteiger partial charge on any atom is 0.123 e. The molecule has 1 nitrogen and oxygen atoms in total. The van der Waals surface area contributed by atoms with Crippen LogP contribution in [0.1, 0.15) is 5.56 Å². The van der Waals surface area contributed by atoms with Gasteiger partial charge in [0.25, 0.3) is 0 Å². The van der Waals surface area contributed by atoms with E-state index in [0.29, 0.717) is 0 Å². The van der Waals surface area contributed by atoms with Gasteiger partial charge in [-0.25, -0.2) is 4.39 Å². The van der Waals surface area contributed by atoms with Crippen molar-refractivity contribution in [2.45, 2.75) is 6.42 Å². The van der Waals surface area contributed by atoms with Gasteiger partial charge >= 0.3 is 0 Å². The quantitative estimate of drug-likeness (QED) is 0.477. The summed E-state index contributed by atoms with van der Waals surface area (Å²) in [4.78, 5) is 0. The van der Waals surface area contributed by atoms with Crippen LogP contribution in [0.4, 0.5) is 4.39 Å². The van der Waals surface area contributed by atoms with Crippen LogP contribution >= 0.6 is 15.9 Å². The molecule has 1 N–H and O–H groups in total. The molecule has 0 aliphatic carbocycles. The molecule has 12 heavy (non-hydrogen) atoms. The summed E-state index contributed by atoms with van der Waals surface area (Å²) in [6, 6.07) is 6.60. The predicted molar refractivity (Wildman–Crippen MR) is 51.9 cm³/mol. The molecule has 3 heteroatoms. The third kappa shape index (κ3) is 3.32. The maximum absolute atomic E-state index is 12.5. The number of hydrogen-bond donors (Lipinski definition) is 1. The maximum atomic E-state index is 12.5. The Balaban J connectivity index is 2.37. The van der Waals surface area contributed by atoms with Crippen molar-refractivity contribution < 1.29 is 4.39 Å². The molecule has 66 valence electrons. The molecule has 0 saturated carbocycles. The second kappa shape index (κ2) is 5.27. The van der Waals surface area contributed by atoms with Crippen molar-refractivity contribution in [3.05, 3.63) is 35.6 Å². The number of nitrogens with one attached hydrogen (secondary N) is 1. The fraction of sp³-hybridized carbons (Fsp3) is 0.333. The first-order valence-electron chi connectivity index (χ1n) is 3.84. The molecule has 0 aromatic heterocycles. The van der Waals surface area contributed by atoms with Gasteiger partial charge in [-0.1, -0.05) is 28.1 Å². The van der Waals surface area contributed by atoms with Crippen molar-refractivity contribution in [3.8, 4) is 0 Å². The molecule has 0 spiro atoms. The fourth-order valence-electron chi connectivity index (χ4n) is 0.951. The zero-order valence-electron chi connectivity index (χ0n) is 6.69. The van der Waals surface area contributed by atoms with E-state index in [1.165, 1.54) is 12.1 Å². The van der Waals surface area contributed by atoms with Crippen LogP contribution in [0.25, 0.3) is 0 Å². The average Bonchev–Trinajstić information content (AvgIpc) is 2.09. The summed E-state index contributed by atoms with van der Waals surface area (Å²) in [7, 11) is 0. The summed E-state index contributed by atoms with van der Waals surface area (Å²) in [6.45, 7) is 0.914. The lowest BCUT2D eigenvalue weighted by Gasteiger charge is -2.00. The Hall–Kier alpha value is -0.410. The lowest BCUT2D eigenvalue weighted by molar-refractivity contribution is 0.626. The van der Waals surface area contributed by atoms with Gasteiger partial charge < -0.3 is 5.32 Å². The summed E-state index contributed by atoms with van der Waals surface area (Å²) >= 11 is 3.26. The van der Waals surface area contributed by atoms with E-state index in [4.69, 9.17) is 0 Å². The van der Waals surface area contributed by atoms with Crippen molar-refractivity contribution in [3.63, 3.8) is 0 Å². The van der Waals surface area contributed by atoms with E-state index >= 15 is 0 Å². The van der Waals surface area contributed by atoms with E-state index in [1.54, 1.807) is 0 Å². The van der Waals surface area contributed by atoms with Crippen molar-refractivity contribution in [1.82, 2.24) is 5.32 Å². The monoisotopic (exact) mass is 231 g/mol. The minimum atomic E-state index is -0.174. The first-order valence-corrected chi connectivity index (χ1v) is 4.96. The molecule has 0 amide bonds. The highest BCUT2D eigenvalue weighted by atomic mass is 79.9. The van der Waals surface area contributed by atoms with E-state index in [9.17, 15) is 4.39 Å². The Bertz CT molecular complexity index is 222. The molecule has 1 rings (SSSR count). The Labute approximate surface area is 80.1 Å². The van der Waals surface area contributed by atoms with Crippen molar-refractivity contribution in [2.24, 2.45) is 0 Å². The van der Waals surface area contributed by atoms with Crippen LogP contribution in [0.5, 0.6) is 0 Å². The van der Waals surface area contributed by atoms with Gasteiger partial charge in [0.2, 0.25) is 0 Å². The second-order valence-electron chi connectivity index (χ2n) is 2.51. The van der Waals surface area contributed by atoms with E-state index in [0.717, 1.165) is 24.0 Å². The first-order chi connectivity index (χ1) is 5.83. The van der Waals surface area contributed by atoms with Gasteiger partial charge in [0.1, 0.15) is 5.82 Å². The van der Waals surface area contributed by atoms with Gasteiger partial charge in [0.05, 0.1) is 5.45 Å². The summed E-state index contributed by atoms with van der Waals surface area (Å²) in [5, 5.41) is 3.13. The zero-order valence-corrected chi connectivity index (χ0v) is 8.27. The molecule has 1 aromatic rings. The van der Waals surface area contributed by atoms with Crippen LogP contribution in [0, 0.1) is 5.82 Å². The topological polar surface area (TPSA) is 12.0 Å².